The third-order valence-electron chi connectivity index (χ3n) is 12.8. The van der Waals surface area contributed by atoms with E-state index in [0.29, 0.717) is 5.56 Å². The smallest absolute Gasteiger partial charge is 0.312 e. The normalized spacial score (nSPS) is 29.3. The number of hydrogen-bond donors (Lipinski definition) is 4. The van der Waals surface area contributed by atoms with Crippen LogP contribution in [0.5, 0.6) is 11.5 Å². The molecule has 342 valence electrons. The number of allylic oxidation sites excluding steroid dienone is 4. The number of rotatable bonds is 4. The Hall–Kier alpha value is -6.10. The molecule has 1 saturated heterocycles. The van der Waals surface area contributed by atoms with Crippen LogP contribution in [0.15, 0.2) is 77.9 Å². The monoisotopic (exact) mass is 883 g/mol. The second-order valence-electron chi connectivity index (χ2n) is 17.2. The molecule has 1 fully saturated rings. The summed E-state index contributed by atoms with van der Waals surface area (Å²) in [6.45, 7) is 12.7. The number of nitrogens with one attached hydrogen (secondary N) is 1. The standard InChI is InChI=1S/C48H57N3O13/c1-24-14-13-15-25(2)46(59)49-36-37(50-19-21-51(22-20-50)47(60)31-16-11-10-12-17-31)42(57)33-34(41(36)56)40(55)29(6)44-35(33)45(58)48(8,64-44)62-23-18-32(61-9)26(3)43(63-30(7)52)28(5)39(54)27(4)38(24)53/h10-18,23-24,26-28,32,38-39,43,53-55H,19-22H2,1-9H3,(H,49,59). The first-order valence-electron chi connectivity index (χ1n) is 21.4. The molecule has 64 heavy (non-hydrogen) atoms. The third-order valence-corrected chi connectivity index (χ3v) is 12.8. The van der Waals surface area contributed by atoms with Crippen LogP contribution in [-0.2, 0) is 23.8 Å². The van der Waals surface area contributed by atoms with E-state index in [2.05, 4.69) is 5.32 Å². The average molecular weight is 884 g/mol. The van der Waals surface area contributed by atoms with Crippen molar-refractivity contribution >= 4 is 35.1 Å². The van der Waals surface area contributed by atoms with Crippen molar-refractivity contribution in [3.05, 3.63) is 106 Å². The fourth-order valence-electron chi connectivity index (χ4n) is 8.87. The van der Waals surface area contributed by atoms with Gasteiger partial charge in [0, 0.05) is 87.5 Å². The second-order valence-corrected chi connectivity index (χ2v) is 17.2. The van der Waals surface area contributed by atoms with Crippen molar-refractivity contribution < 1.29 is 63.0 Å². The number of Topliss-reactive ketones (excluding diaryl/α,β-unsaturated/α-hetero) is 3. The van der Waals surface area contributed by atoms with Gasteiger partial charge in [-0.2, -0.15) is 0 Å². The van der Waals surface area contributed by atoms with E-state index in [-0.39, 0.29) is 60.2 Å². The first-order valence-corrected chi connectivity index (χ1v) is 21.4. The number of phenols is 1. The Labute approximate surface area is 372 Å². The van der Waals surface area contributed by atoms with Gasteiger partial charge in [-0.1, -0.05) is 64.1 Å². The Morgan fingerprint density at radius 1 is 0.859 bits per heavy atom. The maximum absolute atomic E-state index is 15.0. The van der Waals surface area contributed by atoms with Crippen LogP contribution in [0.4, 0.5) is 0 Å². The third kappa shape index (κ3) is 8.86. The van der Waals surface area contributed by atoms with Gasteiger partial charge in [0.05, 0.1) is 41.3 Å². The van der Waals surface area contributed by atoms with Gasteiger partial charge in [-0.3, -0.25) is 28.8 Å². The van der Waals surface area contributed by atoms with E-state index in [1.54, 1.807) is 80.0 Å². The van der Waals surface area contributed by atoms with Crippen LogP contribution in [0.25, 0.3) is 0 Å². The molecule has 16 heteroatoms. The number of piperazine rings is 1. The summed E-state index contributed by atoms with van der Waals surface area (Å²) in [5, 5.41) is 37.2. The number of aliphatic hydroxyl groups is 2. The maximum Gasteiger partial charge on any atom is 0.312 e. The molecule has 0 spiro atoms. The SMILES string of the molecule is COC1C=COC2(C)Oc3c(C)c(O)c4c(c3C2=O)C(=O)C(N2CCN(C(=O)c3ccccc3)CC2)=C(NC(=O)C(C)=CC=CC(C)C(O)C(C)C(O)C(C)C(OC(C)=O)C1C)C4=O. The number of ketones is 3. The van der Waals surface area contributed by atoms with E-state index >= 15 is 4.79 Å². The lowest BCUT2D eigenvalue weighted by molar-refractivity contribution is -0.160. The van der Waals surface area contributed by atoms with Crippen LogP contribution in [0.3, 0.4) is 0 Å². The summed E-state index contributed by atoms with van der Waals surface area (Å²) in [7, 11) is 1.42. The predicted molar refractivity (Wildman–Crippen MR) is 232 cm³/mol. The van der Waals surface area contributed by atoms with Gasteiger partial charge < -0.3 is 49.4 Å². The van der Waals surface area contributed by atoms with Crippen LogP contribution >= 0.6 is 0 Å². The molecule has 9 unspecified atom stereocenters. The van der Waals surface area contributed by atoms with Crippen molar-refractivity contribution in [1.82, 2.24) is 15.1 Å². The molecule has 16 nitrogen and oxygen atoms in total. The molecule has 2 aromatic carbocycles. The summed E-state index contributed by atoms with van der Waals surface area (Å²) in [5.74, 6) is -9.74. The number of fused-ring (bicyclic) bond motifs is 14. The number of aromatic hydroxyl groups is 1. The van der Waals surface area contributed by atoms with Crippen LogP contribution < -0.4 is 10.1 Å². The Morgan fingerprint density at radius 2 is 1.52 bits per heavy atom. The number of methoxy groups -OCH3 is 1. The summed E-state index contributed by atoms with van der Waals surface area (Å²) in [5.41, 5.74) is -1.32. The minimum absolute atomic E-state index is 0.0286. The molecule has 7 rings (SSSR count). The van der Waals surface area contributed by atoms with Gasteiger partial charge in [-0.05, 0) is 32.1 Å². The van der Waals surface area contributed by atoms with Gasteiger partial charge in [0.15, 0.2) is 0 Å². The van der Waals surface area contributed by atoms with Crippen molar-refractivity contribution in [3.8, 4) is 11.5 Å². The highest BCUT2D eigenvalue weighted by atomic mass is 16.7. The zero-order valence-corrected chi connectivity index (χ0v) is 37.5. The highest BCUT2D eigenvalue weighted by Gasteiger charge is 2.53. The summed E-state index contributed by atoms with van der Waals surface area (Å²) in [6.07, 6.45) is 3.28. The zero-order chi connectivity index (χ0) is 46.9. The highest BCUT2D eigenvalue weighted by molar-refractivity contribution is 6.32. The molecular formula is C48H57N3O13. The Bertz CT molecular complexity index is 2340. The molecule has 9 atom stereocenters. The van der Waals surface area contributed by atoms with Gasteiger partial charge >= 0.3 is 11.8 Å². The number of carbonyl (C=O) groups excluding carboxylic acids is 6. The number of hydrogen-bond acceptors (Lipinski definition) is 14. The van der Waals surface area contributed by atoms with Crippen LogP contribution in [0, 0.1) is 30.6 Å². The van der Waals surface area contributed by atoms with Crippen LogP contribution in [0.2, 0.25) is 0 Å². The molecule has 5 bridgehead atoms. The molecule has 2 aromatic rings. The van der Waals surface area contributed by atoms with Crippen LogP contribution in [-0.4, -0.2) is 124 Å². The molecule has 4 heterocycles. The first-order chi connectivity index (χ1) is 30.2. The van der Waals surface area contributed by atoms with Gasteiger partial charge in [-0.15, -0.1) is 0 Å². The zero-order valence-electron chi connectivity index (χ0n) is 37.5. The van der Waals surface area contributed by atoms with Crippen molar-refractivity contribution in [1.29, 1.82) is 0 Å². The van der Waals surface area contributed by atoms with Crippen molar-refractivity contribution in [2.24, 2.45) is 23.7 Å². The van der Waals surface area contributed by atoms with Crippen LogP contribution in [0.1, 0.15) is 95.5 Å². The minimum atomic E-state index is -2.12. The Morgan fingerprint density at radius 3 is 2.14 bits per heavy atom. The summed E-state index contributed by atoms with van der Waals surface area (Å²) in [6, 6.07) is 8.69. The second kappa shape index (κ2) is 18.9. The molecule has 0 aromatic heterocycles. The quantitative estimate of drug-likeness (QED) is 0.313. The van der Waals surface area contributed by atoms with E-state index < -0.39 is 106 Å². The molecule has 4 N–H and O–H groups in total. The molecule has 0 radical (unpaired) electrons. The number of carbonyl (C=O) groups is 6. The lowest BCUT2D eigenvalue weighted by atomic mass is 9.78. The summed E-state index contributed by atoms with van der Waals surface area (Å²) < 4.78 is 23.6. The number of phenolic OH excluding ortho intramolecular Hbond substituents is 1. The molecule has 4 aliphatic heterocycles. The average Bonchev–Trinajstić information content (AvgIpc) is 3.54. The molecular weight excluding hydrogens is 827 g/mol. The minimum Gasteiger partial charge on any atom is -0.507 e. The van der Waals surface area contributed by atoms with Gasteiger partial charge in [0.25, 0.3) is 17.6 Å². The number of amides is 2. The highest BCUT2D eigenvalue weighted by Crippen LogP contribution is 2.49. The summed E-state index contributed by atoms with van der Waals surface area (Å²) >= 11 is 0. The predicted octanol–water partition coefficient (Wildman–Crippen LogP) is 4.42. The first kappa shape index (κ1) is 47.4. The maximum atomic E-state index is 15.0. The fraction of sp³-hybridized carbons (Fsp3) is 0.458. The van der Waals surface area contributed by atoms with Crippen molar-refractivity contribution in [2.45, 2.75) is 85.6 Å². The Kier molecular flexibility index (Phi) is 14.0. The topological polar surface area (TPSA) is 219 Å². The number of esters is 1. The number of ether oxygens (including phenoxy) is 4. The molecule has 1 aliphatic carbocycles. The largest absolute Gasteiger partial charge is 0.507 e. The van der Waals surface area contributed by atoms with Gasteiger partial charge in [0.2, 0.25) is 11.6 Å². The van der Waals surface area contributed by atoms with E-state index in [9.17, 15) is 39.3 Å². The van der Waals surface area contributed by atoms with Crippen molar-refractivity contribution in [2.75, 3.05) is 33.3 Å². The number of aliphatic hydroxyl groups excluding tert-OH is 2. The fourth-order valence-corrected chi connectivity index (χ4v) is 8.87. The van der Waals surface area contributed by atoms with E-state index in [1.165, 1.54) is 53.2 Å². The van der Waals surface area contributed by atoms with E-state index in [0.717, 1.165) is 0 Å². The molecule has 0 saturated carbocycles. The number of benzene rings is 2. The summed E-state index contributed by atoms with van der Waals surface area (Å²) in [4.78, 5) is 87.2. The lowest BCUT2D eigenvalue weighted by Gasteiger charge is -2.39. The number of nitrogens with zero attached hydrogens (tertiary/aromatic N) is 2. The van der Waals surface area contributed by atoms with E-state index in [1.807, 2.05) is 0 Å². The molecule has 2 amide bonds. The van der Waals surface area contributed by atoms with Gasteiger partial charge in [0.1, 0.15) is 29.0 Å². The van der Waals surface area contributed by atoms with Crippen molar-refractivity contribution in [3.63, 3.8) is 0 Å². The van der Waals surface area contributed by atoms with E-state index in [4.69, 9.17) is 18.9 Å². The Balaban J connectivity index is 1.46. The molecule has 5 aliphatic rings. The van der Waals surface area contributed by atoms with Gasteiger partial charge in [-0.25, -0.2) is 0 Å². The lowest BCUT2D eigenvalue weighted by Crippen LogP contribution is -2.51.